The van der Waals surface area contributed by atoms with Crippen LogP contribution >= 0.6 is 11.3 Å². The summed E-state index contributed by atoms with van der Waals surface area (Å²) in [7, 11) is 0. The van der Waals surface area contributed by atoms with Gasteiger partial charge in [-0.2, -0.15) is 0 Å². The number of unbranched alkanes of at least 4 members (excludes halogenated alkanes) is 3. The van der Waals surface area contributed by atoms with Crippen molar-refractivity contribution in [1.29, 1.82) is 0 Å². The van der Waals surface area contributed by atoms with E-state index < -0.39 is 0 Å². The third-order valence-electron chi connectivity index (χ3n) is 6.84. The van der Waals surface area contributed by atoms with E-state index in [9.17, 15) is 4.79 Å². The molecule has 4 heteroatoms. The number of thiophene rings is 1. The van der Waals surface area contributed by atoms with Crippen molar-refractivity contribution in [3.8, 4) is 22.7 Å². The van der Waals surface area contributed by atoms with Crippen molar-refractivity contribution in [3.05, 3.63) is 45.8 Å². The molecule has 2 heterocycles. The highest BCUT2D eigenvalue weighted by atomic mass is 32.1. The first-order chi connectivity index (χ1) is 16.0. The fraction of sp³-hybridized carbons (Fsp3) is 0.552. The van der Waals surface area contributed by atoms with Crippen LogP contribution in [0.5, 0.6) is 10.8 Å². The van der Waals surface area contributed by atoms with Crippen molar-refractivity contribution in [2.75, 3.05) is 6.61 Å². The number of carbonyl (C=O) groups is 1. The lowest BCUT2D eigenvalue weighted by Gasteiger charge is -2.38. The average Bonchev–Trinajstić information content (AvgIpc) is 3.27. The summed E-state index contributed by atoms with van der Waals surface area (Å²) >= 11 is 1.43. The van der Waals surface area contributed by atoms with Crippen molar-refractivity contribution >= 4 is 17.3 Å². The molecule has 0 amide bonds. The largest absolute Gasteiger partial charge is 0.493 e. The lowest BCUT2D eigenvalue weighted by Crippen LogP contribution is -2.32. The van der Waals surface area contributed by atoms with Gasteiger partial charge in [0.2, 0.25) is 0 Å². The highest BCUT2D eigenvalue weighted by molar-refractivity contribution is 7.14. The number of benzene rings is 1. The van der Waals surface area contributed by atoms with Crippen molar-refractivity contribution in [2.45, 2.75) is 97.3 Å². The zero-order valence-corrected chi connectivity index (χ0v) is 21.5. The second kappa shape index (κ2) is 12.3. The van der Waals surface area contributed by atoms with Gasteiger partial charge in [-0.25, -0.2) is 0 Å². The maximum Gasteiger partial charge on any atom is 0.311 e. The molecule has 0 unspecified atom stereocenters. The molecule has 0 atom stereocenters. The fourth-order valence-electron chi connectivity index (χ4n) is 4.64. The molecule has 0 saturated carbocycles. The lowest BCUT2D eigenvalue weighted by molar-refractivity contribution is -0.134. The number of hydrogen-bond acceptors (Lipinski definition) is 4. The van der Waals surface area contributed by atoms with Gasteiger partial charge >= 0.3 is 5.97 Å². The minimum atomic E-state index is -0.182. The van der Waals surface area contributed by atoms with Crippen LogP contribution in [0.4, 0.5) is 0 Å². The summed E-state index contributed by atoms with van der Waals surface area (Å²) < 4.78 is 11.5. The summed E-state index contributed by atoms with van der Waals surface area (Å²) in [6.07, 6.45) is 10.5. The highest BCUT2D eigenvalue weighted by Crippen LogP contribution is 2.44. The number of carbonyl (C=O) groups excluding carboxylic acids is 1. The fourth-order valence-corrected chi connectivity index (χ4v) is 5.36. The Morgan fingerprint density at radius 2 is 1.88 bits per heavy atom. The Bertz CT molecular complexity index is 988. The van der Waals surface area contributed by atoms with Crippen LogP contribution in [0, 0.1) is 11.8 Å². The van der Waals surface area contributed by atoms with Gasteiger partial charge in [0.05, 0.1) is 11.5 Å². The zero-order valence-electron chi connectivity index (χ0n) is 20.7. The van der Waals surface area contributed by atoms with Crippen LogP contribution in [0.25, 0.3) is 0 Å². The van der Waals surface area contributed by atoms with Crippen molar-refractivity contribution in [2.24, 2.45) is 0 Å². The molecule has 0 saturated heterocycles. The van der Waals surface area contributed by atoms with E-state index in [0.29, 0.717) is 11.5 Å². The summed E-state index contributed by atoms with van der Waals surface area (Å²) in [4.78, 5) is 12.7. The Morgan fingerprint density at radius 1 is 1.06 bits per heavy atom. The number of aryl methyl sites for hydroxylation is 1. The van der Waals surface area contributed by atoms with Gasteiger partial charge in [-0.05, 0) is 68.4 Å². The second-order valence-corrected chi connectivity index (χ2v) is 10.0. The normalized spacial score (nSPS) is 14.1. The predicted molar refractivity (Wildman–Crippen MR) is 138 cm³/mol. The monoisotopic (exact) mass is 466 g/mol. The molecule has 0 radical (unpaired) electrons. The molecule has 3 nitrogen and oxygen atoms in total. The molecule has 3 rings (SSSR count). The molecule has 0 bridgehead atoms. The smallest absolute Gasteiger partial charge is 0.311 e. The molecule has 0 spiro atoms. The third-order valence-corrected chi connectivity index (χ3v) is 7.72. The Kier molecular flexibility index (Phi) is 9.44. The van der Waals surface area contributed by atoms with E-state index in [1.54, 1.807) is 0 Å². The van der Waals surface area contributed by atoms with Crippen LogP contribution in [0.3, 0.4) is 0 Å². The maximum atomic E-state index is 11.8. The van der Waals surface area contributed by atoms with Gasteiger partial charge in [-0.15, -0.1) is 0 Å². The van der Waals surface area contributed by atoms with Gasteiger partial charge in [0.25, 0.3) is 0 Å². The van der Waals surface area contributed by atoms with E-state index in [1.807, 2.05) is 19.1 Å². The van der Waals surface area contributed by atoms with Crippen molar-refractivity contribution in [3.63, 3.8) is 0 Å². The van der Waals surface area contributed by atoms with Gasteiger partial charge < -0.3 is 9.47 Å². The lowest BCUT2D eigenvalue weighted by atomic mass is 9.71. The molecule has 1 aliphatic rings. The van der Waals surface area contributed by atoms with Crippen LogP contribution in [-0.2, 0) is 16.6 Å². The minimum absolute atomic E-state index is 0.175. The van der Waals surface area contributed by atoms with Crippen molar-refractivity contribution in [1.82, 2.24) is 0 Å². The number of hydrogen-bond donors (Lipinski definition) is 0. The average molecular weight is 467 g/mol. The Hall–Kier alpha value is -2.25. The Morgan fingerprint density at radius 3 is 2.61 bits per heavy atom. The number of fused-ring (bicyclic) bond motifs is 1. The molecular formula is C29H38O3S. The van der Waals surface area contributed by atoms with Gasteiger partial charge in [-0.1, -0.05) is 70.1 Å². The predicted octanol–water partition coefficient (Wildman–Crippen LogP) is 7.82. The molecule has 0 fully saturated rings. The second-order valence-electron chi connectivity index (χ2n) is 8.99. The van der Waals surface area contributed by atoms with Gasteiger partial charge in [0.15, 0.2) is 5.06 Å². The molecular weight excluding hydrogens is 428 g/mol. The number of esters is 1. The van der Waals surface area contributed by atoms with E-state index >= 15 is 0 Å². The van der Waals surface area contributed by atoms with E-state index in [0.717, 1.165) is 54.9 Å². The minimum Gasteiger partial charge on any atom is -0.493 e. The molecule has 33 heavy (non-hydrogen) atoms. The molecule has 0 aliphatic carbocycles. The topological polar surface area (TPSA) is 35.5 Å². The standard InChI is InChI=1S/C29H38O3S/c1-5-9-10-11-13-22-21-26-25(29(7-3,8-4)18-19-31-26)20-23(22)14-15-24-16-17-28(33-24)32-27(30)12-6-2/h16-17,20-21H,5-13,18-19H2,1-4H3. The van der Waals surface area contributed by atoms with Gasteiger partial charge in [0.1, 0.15) is 5.75 Å². The van der Waals surface area contributed by atoms with Crippen LogP contribution < -0.4 is 9.47 Å². The summed E-state index contributed by atoms with van der Waals surface area (Å²) in [6.45, 7) is 9.59. The first kappa shape index (κ1) is 25.4. The molecule has 0 N–H and O–H groups in total. The first-order valence-electron chi connectivity index (χ1n) is 12.7. The van der Waals surface area contributed by atoms with Crippen molar-refractivity contribution < 1.29 is 14.3 Å². The van der Waals surface area contributed by atoms with Crippen LogP contribution in [-0.4, -0.2) is 12.6 Å². The maximum absolute atomic E-state index is 11.8. The number of ether oxygens (including phenoxy) is 2. The SMILES string of the molecule is CCCCCCc1cc2c(cc1C#Cc1ccc(OC(=O)CCC)s1)C(CC)(CC)CCO2. The van der Waals surface area contributed by atoms with Gasteiger partial charge in [0, 0.05) is 23.0 Å². The van der Waals surface area contributed by atoms with E-state index in [2.05, 4.69) is 44.7 Å². The summed E-state index contributed by atoms with van der Waals surface area (Å²) in [5.74, 6) is 7.67. The Balaban J connectivity index is 1.91. The molecule has 1 aromatic carbocycles. The van der Waals surface area contributed by atoms with E-state index in [1.165, 1.54) is 48.1 Å². The molecule has 1 aromatic heterocycles. The molecule has 178 valence electrons. The summed E-state index contributed by atoms with van der Waals surface area (Å²) in [5.41, 5.74) is 3.89. The third kappa shape index (κ3) is 6.42. The number of rotatable bonds is 10. The molecule has 1 aliphatic heterocycles. The quantitative estimate of drug-likeness (QED) is 0.203. The summed E-state index contributed by atoms with van der Waals surface area (Å²) in [6, 6.07) is 8.35. The van der Waals surface area contributed by atoms with Crippen LogP contribution in [0.2, 0.25) is 0 Å². The summed E-state index contributed by atoms with van der Waals surface area (Å²) in [5, 5.41) is 0.618. The first-order valence-corrected chi connectivity index (χ1v) is 13.5. The van der Waals surface area contributed by atoms with Crippen LogP contribution in [0.1, 0.15) is 107 Å². The zero-order chi connectivity index (χ0) is 23.7. The highest BCUT2D eigenvalue weighted by Gasteiger charge is 2.35. The van der Waals surface area contributed by atoms with E-state index in [-0.39, 0.29) is 11.4 Å². The molecule has 2 aromatic rings. The Labute approximate surface area is 203 Å². The van der Waals surface area contributed by atoms with Crippen LogP contribution in [0.15, 0.2) is 24.3 Å². The van der Waals surface area contributed by atoms with Gasteiger partial charge in [-0.3, -0.25) is 4.79 Å². The van der Waals surface area contributed by atoms with E-state index in [4.69, 9.17) is 9.47 Å².